The van der Waals surface area contributed by atoms with Crippen LogP contribution in [0.1, 0.15) is 41.7 Å². The number of fused-ring (bicyclic) bond motifs is 1. The molecule has 1 N–H and O–H groups in total. The Hall–Kier alpha value is -1.94. The van der Waals surface area contributed by atoms with Gasteiger partial charge < -0.3 is 10.2 Å². The number of nitrogens with zero attached hydrogens (tertiary/aromatic N) is 2. The van der Waals surface area contributed by atoms with Crippen LogP contribution in [-0.4, -0.2) is 41.5 Å². The summed E-state index contributed by atoms with van der Waals surface area (Å²) in [6.45, 7) is 4.80. The molecule has 1 aliphatic carbocycles. The van der Waals surface area contributed by atoms with E-state index in [-0.39, 0.29) is 5.91 Å². The first-order chi connectivity index (χ1) is 11.7. The Labute approximate surface area is 143 Å². The highest BCUT2D eigenvalue weighted by atomic mass is 16.2. The molecule has 0 atom stereocenters. The van der Waals surface area contributed by atoms with Crippen LogP contribution in [0, 0.1) is 12.8 Å². The lowest BCUT2D eigenvalue weighted by Gasteiger charge is -2.33. The molecule has 1 saturated heterocycles. The summed E-state index contributed by atoms with van der Waals surface area (Å²) in [6.07, 6.45) is 4.89. The number of carbonyl (C=O) groups is 1. The Morgan fingerprint density at radius 1 is 1.21 bits per heavy atom. The predicted molar refractivity (Wildman–Crippen MR) is 96.1 cm³/mol. The summed E-state index contributed by atoms with van der Waals surface area (Å²) in [6, 6.07) is 10.4. The first kappa shape index (κ1) is 15.6. The number of aromatic nitrogens is 1. The van der Waals surface area contributed by atoms with Crippen molar-refractivity contribution in [1.29, 1.82) is 0 Å². The number of likely N-dealkylation sites (tertiary alicyclic amines) is 1. The van der Waals surface area contributed by atoms with Crippen LogP contribution in [0.3, 0.4) is 0 Å². The maximum Gasteiger partial charge on any atom is 0.254 e. The monoisotopic (exact) mass is 323 g/mol. The summed E-state index contributed by atoms with van der Waals surface area (Å²) in [5.74, 6) is 1.06. The van der Waals surface area contributed by atoms with Crippen molar-refractivity contribution in [2.24, 2.45) is 5.92 Å². The summed E-state index contributed by atoms with van der Waals surface area (Å²) < 4.78 is 0. The summed E-state index contributed by atoms with van der Waals surface area (Å²) >= 11 is 0. The van der Waals surface area contributed by atoms with E-state index in [0.29, 0.717) is 6.04 Å². The summed E-state index contributed by atoms with van der Waals surface area (Å²) in [5, 5.41) is 4.63. The average molecular weight is 323 g/mol. The number of carbonyl (C=O) groups excluding carboxylic acids is 1. The zero-order valence-electron chi connectivity index (χ0n) is 14.3. The highest BCUT2D eigenvalue weighted by Gasteiger charge is 2.27. The first-order valence-electron chi connectivity index (χ1n) is 9.10. The molecule has 1 amide bonds. The van der Waals surface area contributed by atoms with E-state index in [1.165, 1.54) is 12.8 Å². The van der Waals surface area contributed by atoms with Gasteiger partial charge in [-0.3, -0.25) is 9.78 Å². The second-order valence-corrected chi connectivity index (χ2v) is 7.25. The number of pyridine rings is 1. The number of amides is 1. The molecule has 1 aromatic carbocycles. The molecule has 24 heavy (non-hydrogen) atoms. The van der Waals surface area contributed by atoms with E-state index in [2.05, 4.69) is 10.3 Å². The van der Waals surface area contributed by atoms with Crippen LogP contribution in [-0.2, 0) is 0 Å². The molecule has 1 aliphatic heterocycles. The molecule has 2 heterocycles. The molecular formula is C20H25N3O. The Balaban J connectivity index is 1.46. The zero-order valence-corrected chi connectivity index (χ0v) is 14.3. The van der Waals surface area contributed by atoms with Crippen molar-refractivity contribution in [3.05, 3.63) is 41.6 Å². The molecule has 2 fully saturated rings. The smallest absolute Gasteiger partial charge is 0.254 e. The van der Waals surface area contributed by atoms with Crippen LogP contribution < -0.4 is 5.32 Å². The molecule has 1 aromatic heterocycles. The fraction of sp³-hybridized carbons (Fsp3) is 0.500. The topological polar surface area (TPSA) is 45.2 Å². The number of benzene rings is 1. The third-order valence-corrected chi connectivity index (χ3v) is 5.25. The minimum absolute atomic E-state index is 0.150. The Bertz CT molecular complexity index is 746. The molecule has 2 aromatic rings. The van der Waals surface area contributed by atoms with Gasteiger partial charge in [0.15, 0.2) is 0 Å². The van der Waals surface area contributed by atoms with Gasteiger partial charge in [0.2, 0.25) is 0 Å². The second kappa shape index (κ2) is 6.52. The van der Waals surface area contributed by atoms with Crippen molar-refractivity contribution >= 4 is 16.8 Å². The molecule has 4 heteroatoms. The van der Waals surface area contributed by atoms with Gasteiger partial charge in [-0.15, -0.1) is 0 Å². The molecule has 126 valence electrons. The SMILES string of the molecule is Cc1cc(C(=O)N2CCC(NCC3CC3)CC2)c2ccccc2n1. The lowest BCUT2D eigenvalue weighted by molar-refractivity contribution is 0.0707. The third kappa shape index (κ3) is 3.29. The Kier molecular flexibility index (Phi) is 4.23. The van der Waals surface area contributed by atoms with Crippen molar-refractivity contribution < 1.29 is 4.79 Å². The normalized spacial score (nSPS) is 19.0. The van der Waals surface area contributed by atoms with Gasteiger partial charge in [-0.05, 0) is 57.2 Å². The van der Waals surface area contributed by atoms with E-state index in [1.807, 2.05) is 42.2 Å². The molecule has 4 rings (SSSR count). The van der Waals surface area contributed by atoms with E-state index in [0.717, 1.165) is 60.6 Å². The quantitative estimate of drug-likeness (QED) is 0.940. The first-order valence-corrected chi connectivity index (χ1v) is 9.10. The molecule has 0 bridgehead atoms. The Morgan fingerprint density at radius 3 is 2.71 bits per heavy atom. The Morgan fingerprint density at radius 2 is 1.96 bits per heavy atom. The van der Waals surface area contributed by atoms with Gasteiger partial charge in [-0.25, -0.2) is 0 Å². The average Bonchev–Trinajstić information content (AvgIpc) is 3.43. The largest absolute Gasteiger partial charge is 0.339 e. The van der Waals surface area contributed by atoms with Gasteiger partial charge in [0.05, 0.1) is 11.1 Å². The predicted octanol–water partition coefficient (Wildman–Crippen LogP) is 3.15. The number of para-hydroxylation sites is 1. The molecule has 1 saturated carbocycles. The van der Waals surface area contributed by atoms with E-state index in [1.54, 1.807) is 0 Å². The van der Waals surface area contributed by atoms with Crippen molar-refractivity contribution in [3.8, 4) is 0 Å². The lowest BCUT2D eigenvalue weighted by atomic mass is 10.0. The maximum absolute atomic E-state index is 13.0. The number of rotatable bonds is 4. The van der Waals surface area contributed by atoms with Crippen LogP contribution in [0.4, 0.5) is 0 Å². The number of nitrogens with one attached hydrogen (secondary N) is 1. The molecule has 0 radical (unpaired) electrons. The van der Waals surface area contributed by atoms with Gasteiger partial charge in [0.25, 0.3) is 5.91 Å². The number of piperidine rings is 1. The van der Waals surface area contributed by atoms with Gasteiger partial charge >= 0.3 is 0 Å². The van der Waals surface area contributed by atoms with Gasteiger partial charge in [0, 0.05) is 30.2 Å². The van der Waals surface area contributed by atoms with Crippen LogP contribution in [0.5, 0.6) is 0 Å². The second-order valence-electron chi connectivity index (χ2n) is 7.25. The number of hydrogen-bond donors (Lipinski definition) is 1. The van der Waals surface area contributed by atoms with E-state index < -0.39 is 0 Å². The van der Waals surface area contributed by atoms with Crippen LogP contribution in [0.15, 0.2) is 30.3 Å². The van der Waals surface area contributed by atoms with Crippen molar-refractivity contribution in [3.63, 3.8) is 0 Å². The highest BCUT2D eigenvalue weighted by molar-refractivity contribution is 6.06. The fourth-order valence-electron chi connectivity index (χ4n) is 3.60. The van der Waals surface area contributed by atoms with Crippen molar-refractivity contribution in [1.82, 2.24) is 15.2 Å². The number of aryl methyl sites for hydroxylation is 1. The van der Waals surface area contributed by atoms with Crippen LogP contribution >= 0.6 is 0 Å². The van der Waals surface area contributed by atoms with Gasteiger partial charge in [-0.2, -0.15) is 0 Å². The van der Waals surface area contributed by atoms with Crippen LogP contribution in [0.2, 0.25) is 0 Å². The lowest BCUT2D eigenvalue weighted by Crippen LogP contribution is -2.45. The minimum atomic E-state index is 0.150. The van der Waals surface area contributed by atoms with Crippen molar-refractivity contribution in [2.75, 3.05) is 19.6 Å². The highest BCUT2D eigenvalue weighted by Crippen LogP contribution is 2.28. The van der Waals surface area contributed by atoms with Gasteiger partial charge in [-0.1, -0.05) is 18.2 Å². The fourth-order valence-corrected chi connectivity index (χ4v) is 3.60. The summed E-state index contributed by atoms with van der Waals surface area (Å²) in [5.41, 5.74) is 2.60. The van der Waals surface area contributed by atoms with E-state index in [4.69, 9.17) is 0 Å². The molecule has 0 unspecified atom stereocenters. The molecule has 4 nitrogen and oxygen atoms in total. The minimum Gasteiger partial charge on any atom is -0.339 e. The maximum atomic E-state index is 13.0. The van der Waals surface area contributed by atoms with Gasteiger partial charge in [0.1, 0.15) is 0 Å². The summed E-state index contributed by atoms with van der Waals surface area (Å²) in [4.78, 5) is 19.6. The standard InChI is InChI=1S/C20H25N3O/c1-14-12-18(17-4-2-3-5-19(17)22-14)20(24)23-10-8-16(9-11-23)21-13-15-6-7-15/h2-5,12,15-16,21H,6-11,13H2,1H3. The molecule has 0 spiro atoms. The third-order valence-electron chi connectivity index (χ3n) is 5.25. The number of hydrogen-bond acceptors (Lipinski definition) is 3. The summed E-state index contributed by atoms with van der Waals surface area (Å²) in [7, 11) is 0. The zero-order chi connectivity index (χ0) is 16.5. The van der Waals surface area contributed by atoms with Crippen LogP contribution in [0.25, 0.3) is 10.9 Å². The van der Waals surface area contributed by atoms with E-state index >= 15 is 0 Å². The van der Waals surface area contributed by atoms with E-state index in [9.17, 15) is 4.79 Å². The van der Waals surface area contributed by atoms with Crippen molar-refractivity contribution in [2.45, 2.75) is 38.6 Å². The molecule has 2 aliphatic rings. The molecular weight excluding hydrogens is 298 g/mol.